The van der Waals surface area contributed by atoms with Crippen LogP contribution in [-0.2, 0) is 15.3 Å². The zero-order valence-corrected chi connectivity index (χ0v) is 17.7. The number of nitrogens with zero attached hydrogens (tertiary/aromatic N) is 2. The topological polar surface area (TPSA) is 94.3 Å². The minimum atomic E-state index is -0.590. The number of fused-ring (bicyclic) bond motifs is 1. The monoisotopic (exact) mass is 453 g/mol. The van der Waals surface area contributed by atoms with E-state index in [2.05, 4.69) is 15.3 Å². The molecule has 7 nitrogen and oxygen atoms in total. The van der Waals surface area contributed by atoms with Crippen LogP contribution >= 0.6 is 23.4 Å². The molecular formula is C22H16ClN3O4S. The maximum atomic E-state index is 12.5. The Morgan fingerprint density at radius 2 is 1.87 bits per heavy atom. The number of pyridine rings is 1. The first-order valence-electron chi connectivity index (χ1n) is 9.23. The van der Waals surface area contributed by atoms with Crippen LogP contribution in [0.4, 0.5) is 5.82 Å². The molecule has 0 aliphatic carbocycles. The summed E-state index contributed by atoms with van der Waals surface area (Å²) in [7, 11) is 0. The first-order valence-corrected chi connectivity index (χ1v) is 10.6. The third-order valence-corrected chi connectivity index (χ3v) is 5.29. The minimum Gasteiger partial charge on any atom is -0.452 e. The normalized spacial score (nSPS) is 10.7. The van der Waals surface area contributed by atoms with E-state index in [1.165, 1.54) is 18.0 Å². The number of oxazole rings is 1. The van der Waals surface area contributed by atoms with Gasteiger partial charge in [0.15, 0.2) is 12.2 Å². The van der Waals surface area contributed by atoms with E-state index in [0.29, 0.717) is 33.0 Å². The van der Waals surface area contributed by atoms with Gasteiger partial charge >= 0.3 is 5.97 Å². The maximum Gasteiger partial charge on any atom is 0.338 e. The molecule has 0 saturated carbocycles. The molecule has 2 heterocycles. The van der Waals surface area contributed by atoms with E-state index >= 15 is 0 Å². The summed E-state index contributed by atoms with van der Waals surface area (Å²) in [6.45, 7) is -0.435. The molecule has 4 aromatic rings. The quantitative estimate of drug-likeness (QED) is 0.312. The molecule has 0 aliphatic rings. The van der Waals surface area contributed by atoms with Crippen LogP contribution < -0.4 is 5.32 Å². The van der Waals surface area contributed by atoms with Gasteiger partial charge in [-0.3, -0.25) is 4.79 Å². The number of thioether (sulfide) groups is 1. The summed E-state index contributed by atoms with van der Waals surface area (Å²) in [6.07, 6.45) is 1.41. The van der Waals surface area contributed by atoms with Crippen molar-refractivity contribution in [3.63, 3.8) is 0 Å². The smallest absolute Gasteiger partial charge is 0.338 e. The molecule has 0 atom stereocenters. The summed E-state index contributed by atoms with van der Waals surface area (Å²) in [5, 5.41) is 3.51. The van der Waals surface area contributed by atoms with Gasteiger partial charge in [0.05, 0.1) is 10.6 Å². The van der Waals surface area contributed by atoms with Crippen molar-refractivity contribution < 1.29 is 18.7 Å². The van der Waals surface area contributed by atoms with Crippen LogP contribution in [0, 0.1) is 0 Å². The number of halogens is 1. The summed E-state index contributed by atoms with van der Waals surface area (Å²) in [4.78, 5) is 32.9. The lowest BCUT2D eigenvalue weighted by Gasteiger charge is -2.09. The first-order chi connectivity index (χ1) is 15.1. The van der Waals surface area contributed by atoms with Gasteiger partial charge in [-0.2, -0.15) is 0 Å². The van der Waals surface area contributed by atoms with Crippen LogP contribution in [0.5, 0.6) is 0 Å². The van der Waals surface area contributed by atoms with Gasteiger partial charge in [-0.05, 0) is 35.9 Å². The van der Waals surface area contributed by atoms with E-state index in [1.807, 2.05) is 36.4 Å². The van der Waals surface area contributed by atoms with Gasteiger partial charge in [-0.25, -0.2) is 14.8 Å². The lowest BCUT2D eigenvalue weighted by molar-refractivity contribution is -0.119. The van der Waals surface area contributed by atoms with Crippen LogP contribution in [0.25, 0.3) is 11.1 Å². The molecule has 0 spiro atoms. The average Bonchev–Trinajstić information content (AvgIpc) is 3.21. The summed E-state index contributed by atoms with van der Waals surface area (Å²) in [5.41, 5.74) is 2.61. The summed E-state index contributed by atoms with van der Waals surface area (Å²) in [5.74, 6) is -0.311. The lowest BCUT2D eigenvalue weighted by Crippen LogP contribution is -2.21. The number of esters is 1. The molecule has 31 heavy (non-hydrogen) atoms. The summed E-state index contributed by atoms with van der Waals surface area (Å²) in [6, 6.07) is 17.7. The molecule has 0 radical (unpaired) electrons. The number of ether oxygens (including phenoxy) is 1. The van der Waals surface area contributed by atoms with Crippen molar-refractivity contribution in [2.75, 3.05) is 11.9 Å². The third-order valence-electron chi connectivity index (χ3n) is 4.19. The van der Waals surface area contributed by atoms with Crippen LogP contribution in [0.2, 0.25) is 5.02 Å². The number of carbonyl (C=O) groups excluding carboxylic acids is 2. The van der Waals surface area contributed by atoms with Gasteiger partial charge in [0.25, 0.3) is 11.1 Å². The average molecular weight is 454 g/mol. The highest BCUT2D eigenvalue weighted by atomic mass is 35.5. The van der Waals surface area contributed by atoms with Crippen molar-refractivity contribution >= 4 is 52.2 Å². The summed E-state index contributed by atoms with van der Waals surface area (Å²) >= 11 is 7.14. The zero-order chi connectivity index (χ0) is 21.6. The van der Waals surface area contributed by atoms with E-state index in [0.717, 1.165) is 11.1 Å². The van der Waals surface area contributed by atoms with Gasteiger partial charge in [0.1, 0.15) is 11.3 Å². The standard InChI is InChI=1S/C22H16ClN3O4S/c23-15-9-10-19(24-11-15)26-20(27)12-29-21(28)16-6-2-1-5-14(16)13-31-22-25-17-7-3-4-8-18(17)30-22/h1-11H,12-13H2,(H,24,26,27). The predicted molar refractivity (Wildman–Crippen MR) is 118 cm³/mol. The van der Waals surface area contributed by atoms with Gasteiger partial charge in [-0.15, -0.1) is 0 Å². The second-order valence-corrected chi connectivity index (χ2v) is 7.74. The number of carbonyl (C=O) groups is 2. The largest absolute Gasteiger partial charge is 0.452 e. The molecule has 0 fully saturated rings. The van der Waals surface area contributed by atoms with E-state index in [-0.39, 0.29) is 0 Å². The minimum absolute atomic E-state index is 0.320. The lowest BCUT2D eigenvalue weighted by atomic mass is 10.1. The number of nitrogens with one attached hydrogen (secondary N) is 1. The zero-order valence-electron chi connectivity index (χ0n) is 16.1. The SMILES string of the molecule is O=C(COC(=O)c1ccccc1CSc1nc2ccccc2o1)Nc1ccc(Cl)cn1. The van der Waals surface area contributed by atoms with Crippen LogP contribution in [0.1, 0.15) is 15.9 Å². The van der Waals surface area contributed by atoms with E-state index in [9.17, 15) is 9.59 Å². The fraction of sp³-hybridized carbons (Fsp3) is 0.0909. The molecule has 1 amide bonds. The Morgan fingerprint density at radius 3 is 2.68 bits per heavy atom. The molecule has 9 heteroatoms. The van der Waals surface area contributed by atoms with Crippen molar-refractivity contribution in [2.24, 2.45) is 0 Å². The molecule has 2 aromatic carbocycles. The highest BCUT2D eigenvalue weighted by Crippen LogP contribution is 2.27. The predicted octanol–water partition coefficient (Wildman–Crippen LogP) is 4.96. The Hall–Kier alpha value is -3.36. The van der Waals surface area contributed by atoms with E-state index < -0.39 is 18.5 Å². The van der Waals surface area contributed by atoms with Crippen molar-refractivity contribution in [1.29, 1.82) is 0 Å². The van der Waals surface area contributed by atoms with E-state index in [1.54, 1.807) is 24.3 Å². The second kappa shape index (κ2) is 9.63. The van der Waals surface area contributed by atoms with Crippen molar-refractivity contribution in [1.82, 2.24) is 9.97 Å². The van der Waals surface area contributed by atoms with Gasteiger partial charge in [0.2, 0.25) is 0 Å². The van der Waals surface area contributed by atoms with E-state index in [4.69, 9.17) is 20.8 Å². The molecule has 1 N–H and O–H groups in total. The van der Waals surface area contributed by atoms with Crippen molar-refractivity contribution in [3.05, 3.63) is 83.0 Å². The number of hydrogen-bond donors (Lipinski definition) is 1. The Bertz CT molecular complexity index is 1190. The van der Waals surface area contributed by atoms with Crippen molar-refractivity contribution in [3.8, 4) is 0 Å². The second-order valence-electron chi connectivity index (χ2n) is 6.38. The Labute approximate surface area is 186 Å². The molecule has 0 aliphatic heterocycles. The molecule has 2 aromatic heterocycles. The van der Waals surface area contributed by atoms with Crippen LogP contribution in [-0.4, -0.2) is 28.5 Å². The Balaban J connectivity index is 1.36. The molecule has 4 rings (SSSR count). The van der Waals surface area contributed by atoms with Gasteiger partial charge in [-0.1, -0.05) is 53.7 Å². The highest BCUT2D eigenvalue weighted by Gasteiger charge is 2.16. The van der Waals surface area contributed by atoms with Gasteiger partial charge < -0.3 is 14.5 Å². The molecule has 156 valence electrons. The van der Waals surface area contributed by atoms with Crippen molar-refractivity contribution in [2.45, 2.75) is 11.0 Å². The number of para-hydroxylation sites is 2. The third kappa shape index (κ3) is 5.42. The first kappa shape index (κ1) is 20.9. The molecule has 0 saturated heterocycles. The van der Waals surface area contributed by atoms with Crippen LogP contribution in [0.3, 0.4) is 0 Å². The number of anilines is 1. The number of amides is 1. The van der Waals surface area contributed by atoms with Crippen LogP contribution in [0.15, 0.2) is 76.5 Å². The number of aromatic nitrogens is 2. The Kier molecular flexibility index (Phi) is 6.49. The maximum absolute atomic E-state index is 12.5. The number of rotatable bonds is 7. The molecule has 0 unspecified atom stereocenters. The Morgan fingerprint density at radius 1 is 1.06 bits per heavy atom. The highest BCUT2D eigenvalue weighted by molar-refractivity contribution is 7.98. The fourth-order valence-corrected chi connectivity index (χ4v) is 3.69. The molecular weight excluding hydrogens is 438 g/mol. The molecule has 0 bridgehead atoms. The fourth-order valence-electron chi connectivity index (χ4n) is 2.74. The number of hydrogen-bond acceptors (Lipinski definition) is 7. The van der Waals surface area contributed by atoms with Gasteiger partial charge in [0, 0.05) is 11.9 Å². The summed E-state index contributed by atoms with van der Waals surface area (Å²) < 4.78 is 10.9. The number of benzene rings is 2.